The number of nitrogens with zero attached hydrogens (tertiary/aromatic N) is 2. The van der Waals surface area contributed by atoms with Crippen LogP contribution >= 0.6 is 11.8 Å². The maximum Gasteiger partial charge on any atom is 0.280 e. The molecule has 2 aromatic carbocycles. The van der Waals surface area contributed by atoms with Gasteiger partial charge < -0.3 is 10.2 Å². The van der Waals surface area contributed by atoms with Gasteiger partial charge in [0.25, 0.3) is 11.4 Å². The Morgan fingerprint density at radius 2 is 2.00 bits per heavy atom. The number of nitrogens with one attached hydrogen (secondary N) is 1. The maximum atomic E-state index is 10.8. The van der Waals surface area contributed by atoms with E-state index in [1.165, 1.54) is 40.7 Å². The molecule has 0 saturated carbocycles. The number of hydrogen-bond donors (Lipinski definition) is 3. The number of fused-ring (bicyclic) bond motifs is 1. The van der Waals surface area contributed by atoms with Crippen molar-refractivity contribution in [1.82, 2.24) is 5.10 Å². The number of thioether (sulfide) groups is 1. The Kier molecular flexibility index (Phi) is 3.38. The van der Waals surface area contributed by atoms with Gasteiger partial charge in [-0.15, -0.1) is 11.8 Å². The Labute approximate surface area is 129 Å². The average Bonchev–Trinajstić information content (AvgIpc) is 2.91. The minimum absolute atomic E-state index is 0.00629. The van der Waals surface area contributed by atoms with Crippen LogP contribution in [0.2, 0.25) is 0 Å². The fourth-order valence-electron chi connectivity index (χ4n) is 2.21. The molecule has 112 valence electrons. The van der Waals surface area contributed by atoms with Crippen LogP contribution in [0.3, 0.4) is 0 Å². The van der Waals surface area contributed by atoms with E-state index in [2.05, 4.69) is 5.10 Å². The molecule has 8 heteroatoms. The topological polar surface area (TPSA) is 103 Å². The third kappa shape index (κ3) is 2.33. The first-order valence-electron chi connectivity index (χ1n) is 6.29. The second-order valence-electron chi connectivity index (χ2n) is 4.65. The van der Waals surface area contributed by atoms with Gasteiger partial charge in [-0.2, -0.15) is 5.10 Å². The number of aromatic nitrogens is 2. The number of non-ortho nitro benzene ring substituents is 1. The van der Waals surface area contributed by atoms with Crippen molar-refractivity contribution in [3.05, 3.63) is 46.6 Å². The van der Waals surface area contributed by atoms with Crippen molar-refractivity contribution >= 4 is 28.4 Å². The van der Waals surface area contributed by atoms with E-state index in [0.717, 1.165) is 0 Å². The summed E-state index contributed by atoms with van der Waals surface area (Å²) in [4.78, 5) is 10.9. The Hall–Kier alpha value is -2.74. The van der Waals surface area contributed by atoms with Crippen molar-refractivity contribution in [3.8, 4) is 17.2 Å². The number of phenolic OH excluding ortho intramolecular Hbond substituents is 2. The van der Waals surface area contributed by atoms with Crippen molar-refractivity contribution in [2.24, 2.45) is 0 Å². The van der Waals surface area contributed by atoms with Crippen molar-refractivity contribution < 1.29 is 19.8 Å². The summed E-state index contributed by atoms with van der Waals surface area (Å²) < 4.78 is 1.51. The molecule has 7 nitrogen and oxygen atoms in total. The van der Waals surface area contributed by atoms with Crippen molar-refractivity contribution in [2.75, 3.05) is 6.26 Å². The molecule has 0 aliphatic heterocycles. The van der Waals surface area contributed by atoms with Gasteiger partial charge >= 0.3 is 0 Å². The number of aromatic amines is 1. The van der Waals surface area contributed by atoms with E-state index >= 15 is 0 Å². The lowest BCUT2D eigenvalue weighted by Gasteiger charge is -2.02. The average molecular weight is 318 g/mol. The summed E-state index contributed by atoms with van der Waals surface area (Å²) in [5, 5.41) is 34.4. The van der Waals surface area contributed by atoms with Crippen LogP contribution in [0.4, 0.5) is 5.69 Å². The van der Waals surface area contributed by atoms with Crippen LogP contribution in [0.1, 0.15) is 0 Å². The molecule has 0 bridgehead atoms. The van der Waals surface area contributed by atoms with E-state index in [9.17, 15) is 20.3 Å². The first-order valence-corrected chi connectivity index (χ1v) is 7.51. The molecule has 1 heterocycles. The number of H-pyrrole nitrogens is 1. The minimum atomic E-state index is -0.465. The van der Waals surface area contributed by atoms with Crippen molar-refractivity contribution in [1.29, 1.82) is 0 Å². The maximum absolute atomic E-state index is 10.8. The summed E-state index contributed by atoms with van der Waals surface area (Å²) in [5.41, 5.74) is 1.02. The number of benzene rings is 2. The van der Waals surface area contributed by atoms with Gasteiger partial charge in [0.05, 0.1) is 21.3 Å². The molecule has 0 amide bonds. The van der Waals surface area contributed by atoms with E-state index in [1.807, 2.05) is 0 Å². The van der Waals surface area contributed by atoms with E-state index in [4.69, 9.17) is 0 Å². The molecule has 1 aromatic heterocycles. The zero-order chi connectivity index (χ0) is 15.9. The lowest BCUT2D eigenvalue weighted by molar-refractivity contribution is -0.653. The van der Waals surface area contributed by atoms with Crippen LogP contribution in [-0.4, -0.2) is 26.5 Å². The zero-order valence-corrected chi connectivity index (χ0v) is 12.3. The molecule has 0 spiro atoms. The lowest BCUT2D eigenvalue weighted by Crippen LogP contribution is -2.31. The van der Waals surface area contributed by atoms with Crippen LogP contribution in [-0.2, 0) is 0 Å². The Morgan fingerprint density at radius 3 is 2.68 bits per heavy atom. The van der Waals surface area contributed by atoms with Gasteiger partial charge in [-0.1, -0.05) is 4.68 Å². The van der Waals surface area contributed by atoms with E-state index in [0.29, 0.717) is 21.5 Å². The summed E-state index contributed by atoms with van der Waals surface area (Å²) in [6.07, 6.45) is 3.42. The highest BCUT2D eigenvalue weighted by atomic mass is 32.2. The Bertz CT molecular complexity index is 891. The van der Waals surface area contributed by atoms with Gasteiger partial charge in [0.2, 0.25) is 6.20 Å². The number of phenols is 2. The van der Waals surface area contributed by atoms with Crippen LogP contribution < -0.4 is 4.68 Å². The molecule has 22 heavy (non-hydrogen) atoms. The van der Waals surface area contributed by atoms with E-state index in [1.54, 1.807) is 18.5 Å². The second kappa shape index (κ2) is 5.23. The van der Waals surface area contributed by atoms with Gasteiger partial charge in [-0.05, 0) is 12.3 Å². The third-order valence-electron chi connectivity index (χ3n) is 3.29. The molecular weight excluding hydrogens is 306 g/mol. The zero-order valence-electron chi connectivity index (χ0n) is 11.5. The predicted molar refractivity (Wildman–Crippen MR) is 81.6 cm³/mol. The normalized spacial score (nSPS) is 11.0. The van der Waals surface area contributed by atoms with Crippen LogP contribution in [0.15, 0.2) is 41.4 Å². The molecule has 0 atom stereocenters. The number of nitro benzene ring substituents is 1. The fraction of sp³-hybridized carbons (Fsp3) is 0.0714. The largest absolute Gasteiger partial charge is 0.507 e. The Morgan fingerprint density at radius 1 is 1.23 bits per heavy atom. The highest BCUT2D eigenvalue weighted by Crippen LogP contribution is 2.33. The first kappa shape index (κ1) is 14.2. The highest BCUT2D eigenvalue weighted by molar-refractivity contribution is 7.98. The van der Waals surface area contributed by atoms with Crippen LogP contribution in [0.25, 0.3) is 16.6 Å². The quantitative estimate of drug-likeness (QED) is 0.226. The van der Waals surface area contributed by atoms with E-state index in [-0.39, 0.29) is 17.2 Å². The van der Waals surface area contributed by atoms with Crippen LogP contribution in [0, 0.1) is 10.1 Å². The van der Waals surface area contributed by atoms with Crippen LogP contribution in [0.5, 0.6) is 11.5 Å². The minimum Gasteiger partial charge on any atom is -0.507 e. The SMILES string of the molecule is CSc1cc(O)c(-[n+]2cc3cc([N+](=O)[O-])ccc3[nH]2)cc1O. The second-order valence-corrected chi connectivity index (χ2v) is 5.50. The molecule has 0 radical (unpaired) electrons. The molecule has 0 aliphatic rings. The summed E-state index contributed by atoms with van der Waals surface area (Å²) in [5.74, 6) is 0.0469. The standard InChI is InChI=1S/C14H11N3O4S/c1-22-14-6-12(18)11(5-13(14)19)16-7-8-4-9(17(20)21)2-3-10(8)15-16/h2-7,18-19H,1H3/p+1. The molecule has 0 unspecified atom stereocenters. The number of nitro groups is 1. The molecule has 3 rings (SSSR count). The number of hydrogen-bond acceptors (Lipinski definition) is 5. The Balaban J connectivity index is 2.14. The molecular formula is C14H12N3O4S+. The molecule has 3 N–H and O–H groups in total. The summed E-state index contributed by atoms with van der Waals surface area (Å²) >= 11 is 1.32. The van der Waals surface area contributed by atoms with Crippen molar-refractivity contribution in [2.45, 2.75) is 4.90 Å². The highest BCUT2D eigenvalue weighted by Gasteiger charge is 2.20. The molecule has 0 saturated heterocycles. The number of rotatable bonds is 3. The first-order chi connectivity index (χ1) is 10.5. The van der Waals surface area contributed by atoms with Gasteiger partial charge in [-0.25, -0.2) is 0 Å². The van der Waals surface area contributed by atoms with E-state index < -0.39 is 4.92 Å². The summed E-state index contributed by atoms with van der Waals surface area (Å²) in [7, 11) is 0. The van der Waals surface area contributed by atoms with Gasteiger partial charge in [0.1, 0.15) is 11.3 Å². The third-order valence-corrected chi connectivity index (χ3v) is 4.06. The summed E-state index contributed by atoms with van der Waals surface area (Å²) in [6, 6.07) is 7.34. The molecule has 0 aliphatic carbocycles. The smallest absolute Gasteiger partial charge is 0.280 e. The van der Waals surface area contributed by atoms with Gasteiger partial charge in [-0.3, -0.25) is 10.1 Å². The summed E-state index contributed by atoms with van der Waals surface area (Å²) in [6.45, 7) is 0. The number of aromatic hydroxyl groups is 2. The predicted octanol–water partition coefficient (Wildman–Crippen LogP) is 2.49. The van der Waals surface area contributed by atoms with Crippen molar-refractivity contribution in [3.63, 3.8) is 0 Å². The monoisotopic (exact) mass is 318 g/mol. The molecule has 3 aromatic rings. The molecule has 0 fully saturated rings. The fourth-order valence-corrected chi connectivity index (χ4v) is 2.70. The van der Waals surface area contributed by atoms with Gasteiger partial charge in [0, 0.05) is 18.2 Å². The lowest BCUT2D eigenvalue weighted by atomic mass is 10.2. The van der Waals surface area contributed by atoms with Gasteiger partial charge in [0.15, 0.2) is 5.75 Å².